The van der Waals surface area contributed by atoms with E-state index < -0.39 is 0 Å². The Morgan fingerprint density at radius 2 is 2.50 bits per heavy atom. The summed E-state index contributed by atoms with van der Waals surface area (Å²) in [5.41, 5.74) is 6.42. The van der Waals surface area contributed by atoms with Gasteiger partial charge in [0.15, 0.2) is 5.82 Å². The van der Waals surface area contributed by atoms with Crippen molar-refractivity contribution in [3.8, 4) is 11.4 Å². The molecule has 12 heavy (non-hydrogen) atoms. The summed E-state index contributed by atoms with van der Waals surface area (Å²) >= 11 is 1.63. The molecule has 2 aromatic heterocycles. The van der Waals surface area contributed by atoms with Crippen LogP contribution in [0.15, 0.2) is 16.8 Å². The summed E-state index contributed by atoms with van der Waals surface area (Å²) in [6, 6.07) is 1.98. The lowest BCUT2D eigenvalue weighted by molar-refractivity contribution is 0.917. The second-order valence-corrected chi connectivity index (χ2v) is 3.10. The first-order chi connectivity index (χ1) is 5.90. The Labute approximate surface area is 73.5 Å². The third-order valence-electron chi connectivity index (χ3n) is 1.50. The number of hydrogen-bond donors (Lipinski definition) is 2. The normalized spacial score (nSPS) is 10.4. The molecular formula is C7H8N4S. The molecule has 0 saturated carbocycles. The molecular weight excluding hydrogens is 172 g/mol. The minimum atomic E-state index is 0.400. The molecule has 0 atom stereocenters. The van der Waals surface area contributed by atoms with E-state index >= 15 is 0 Å². The molecule has 5 heteroatoms. The SMILES string of the molecule is NCc1nc(-c2ccsc2)n[nH]1. The molecule has 4 nitrogen and oxygen atoms in total. The maximum Gasteiger partial charge on any atom is 0.182 e. The molecule has 3 N–H and O–H groups in total. The molecule has 0 saturated heterocycles. The quantitative estimate of drug-likeness (QED) is 0.724. The molecule has 0 aliphatic rings. The number of hydrogen-bond acceptors (Lipinski definition) is 4. The lowest BCUT2D eigenvalue weighted by Crippen LogP contribution is -1.97. The Hall–Kier alpha value is -1.20. The standard InChI is InChI=1S/C7H8N4S/c8-3-6-9-7(11-10-6)5-1-2-12-4-5/h1-2,4H,3,8H2,(H,9,10,11). The Morgan fingerprint density at radius 1 is 1.58 bits per heavy atom. The highest BCUT2D eigenvalue weighted by atomic mass is 32.1. The van der Waals surface area contributed by atoms with E-state index in [-0.39, 0.29) is 0 Å². The van der Waals surface area contributed by atoms with Gasteiger partial charge < -0.3 is 5.73 Å². The lowest BCUT2D eigenvalue weighted by Gasteiger charge is -1.84. The van der Waals surface area contributed by atoms with Crippen LogP contribution in [0.3, 0.4) is 0 Å². The van der Waals surface area contributed by atoms with Crippen LogP contribution in [0.1, 0.15) is 5.82 Å². The van der Waals surface area contributed by atoms with Gasteiger partial charge in [-0.15, -0.1) is 0 Å². The zero-order valence-electron chi connectivity index (χ0n) is 6.32. The average molecular weight is 180 g/mol. The van der Waals surface area contributed by atoms with Crippen LogP contribution in [0.2, 0.25) is 0 Å². The van der Waals surface area contributed by atoms with E-state index in [4.69, 9.17) is 5.73 Å². The maximum absolute atomic E-state index is 5.39. The van der Waals surface area contributed by atoms with Gasteiger partial charge in [0.1, 0.15) is 5.82 Å². The first-order valence-electron chi connectivity index (χ1n) is 3.54. The summed E-state index contributed by atoms with van der Waals surface area (Å²) in [6.07, 6.45) is 0. The molecule has 0 aliphatic carbocycles. The number of nitrogens with two attached hydrogens (primary N) is 1. The molecule has 62 valence electrons. The predicted octanol–water partition coefficient (Wildman–Crippen LogP) is 0.992. The molecule has 0 aromatic carbocycles. The Kier molecular flexibility index (Phi) is 1.89. The van der Waals surface area contributed by atoms with Crippen molar-refractivity contribution in [3.63, 3.8) is 0 Å². The first kappa shape index (κ1) is 7.45. The molecule has 0 fully saturated rings. The number of aromatic nitrogens is 3. The number of nitrogens with zero attached hydrogens (tertiary/aromatic N) is 2. The zero-order chi connectivity index (χ0) is 8.39. The van der Waals surface area contributed by atoms with Crippen LogP contribution in [0.5, 0.6) is 0 Å². The Bertz CT molecular complexity index is 351. The second kappa shape index (κ2) is 3.04. The molecule has 2 heterocycles. The zero-order valence-corrected chi connectivity index (χ0v) is 7.14. The number of H-pyrrole nitrogens is 1. The van der Waals surface area contributed by atoms with Crippen LogP contribution in [-0.2, 0) is 6.54 Å². The van der Waals surface area contributed by atoms with Gasteiger partial charge >= 0.3 is 0 Å². The summed E-state index contributed by atoms with van der Waals surface area (Å²) in [7, 11) is 0. The fourth-order valence-electron chi connectivity index (χ4n) is 0.907. The monoisotopic (exact) mass is 180 g/mol. The third kappa shape index (κ3) is 1.24. The number of nitrogens with one attached hydrogen (secondary N) is 1. The van der Waals surface area contributed by atoms with Gasteiger partial charge in [0, 0.05) is 10.9 Å². The van der Waals surface area contributed by atoms with Crippen LogP contribution < -0.4 is 5.73 Å². The molecule has 2 rings (SSSR count). The van der Waals surface area contributed by atoms with E-state index in [1.165, 1.54) is 0 Å². The number of rotatable bonds is 2. The van der Waals surface area contributed by atoms with Gasteiger partial charge in [0.05, 0.1) is 6.54 Å². The van der Waals surface area contributed by atoms with E-state index in [0.717, 1.165) is 17.2 Å². The van der Waals surface area contributed by atoms with Gasteiger partial charge in [-0.3, -0.25) is 5.10 Å². The molecule has 0 unspecified atom stereocenters. The molecule has 0 spiro atoms. The van der Waals surface area contributed by atoms with Gasteiger partial charge in [-0.25, -0.2) is 4.98 Å². The summed E-state index contributed by atoms with van der Waals surface area (Å²) in [6.45, 7) is 0.400. The van der Waals surface area contributed by atoms with E-state index in [0.29, 0.717) is 6.54 Å². The Balaban J connectivity index is 2.35. The summed E-state index contributed by atoms with van der Waals surface area (Å²) in [5, 5.41) is 10.8. The van der Waals surface area contributed by atoms with Crippen molar-refractivity contribution < 1.29 is 0 Å². The fraction of sp³-hybridized carbons (Fsp3) is 0.143. The van der Waals surface area contributed by atoms with E-state index in [1.807, 2.05) is 16.8 Å². The van der Waals surface area contributed by atoms with Crippen molar-refractivity contribution in [2.24, 2.45) is 5.73 Å². The molecule has 0 amide bonds. The van der Waals surface area contributed by atoms with Gasteiger partial charge in [-0.2, -0.15) is 16.4 Å². The van der Waals surface area contributed by atoms with Gasteiger partial charge in [-0.1, -0.05) is 0 Å². The van der Waals surface area contributed by atoms with E-state index in [2.05, 4.69) is 15.2 Å². The largest absolute Gasteiger partial charge is 0.324 e. The van der Waals surface area contributed by atoms with Crippen molar-refractivity contribution in [1.82, 2.24) is 15.2 Å². The number of thiophene rings is 1. The van der Waals surface area contributed by atoms with Crippen LogP contribution in [0, 0.1) is 0 Å². The summed E-state index contributed by atoms with van der Waals surface area (Å²) in [4.78, 5) is 4.19. The predicted molar refractivity (Wildman–Crippen MR) is 47.6 cm³/mol. The highest BCUT2D eigenvalue weighted by Gasteiger charge is 2.03. The van der Waals surface area contributed by atoms with Crippen molar-refractivity contribution in [1.29, 1.82) is 0 Å². The first-order valence-corrected chi connectivity index (χ1v) is 4.48. The second-order valence-electron chi connectivity index (χ2n) is 2.32. The highest BCUT2D eigenvalue weighted by Crippen LogP contribution is 2.17. The minimum absolute atomic E-state index is 0.400. The van der Waals surface area contributed by atoms with Crippen molar-refractivity contribution >= 4 is 11.3 Å². The van der Waals surface area contributed by atoms with Gasteiger partial charge in [0.25, 0.3) is 0 Å². The van der Waals surface area contributed by atoms with Crippen LogP contribution in [-0.4, -0.2) is 15.2 Å². The van der Waals surface area contributed by atoms with Crippen LogP contribution in [0.25, 0.3) is 11.4 Å². The van der Waals surface area contributed by atoms with Crippen molar-refractivity contribution in [2.45, 2.75) is 6.54 Å². The number of aromatic amines is 1. The van der Waals surface area contributed by atoms with E-state index in [9.17, 15) is 0 Å². The summed E-state index contributed by atoms with van der Waals surface area (Å²) in [5.74, 6) is 1.44. The molecule has 0 radical (unpaired) electrons. The van der Waals surface area contributed by atoms with Gasteiger partial charge in [-0.05, 0) is 11.4 Å². The maximum atomic E-state index is 5.39. The minimum Gasteiger partial charge on any atom is -0.324 e. The van der Waals surface area contributed by atoms with Gasteiger partial charge in [0.2, 0.25) is 0 Å². The van der Waals surface area contributed by atoms with E-state index in [1.54, 1.807) is 11.3 Å². The smallest absolute Gasteiger partial charge is 0.182 e. The topological polar surface area (TPSA) is 67.6 Å². The molecule has 0 bridgehead atoms. The lowest BCUT2D eigenvalue weighted by atomic mass is 10.3. The van der Waals surface area contributed by atoms with Crippen LogP contribution >= 0.6 is 11.3 Å². The van der Waals surface area contributed by atoms with Crippen molar-refractivity contribution in [3.05, 3.63) is 22.7 Å². The third-order valence-corrected chi connectivity index (χ3v) is 2.19. The van der Waals surface area contributed by atoms with Crippen molar-refractivity contribution in [2.75, 3.05) is 0 Å². The van der Waals surface area contributed by atoms with Crippen LogP contribution in [0.4, 0.5) is 0 Å². The Morgan fingerprint density at radius 3 is 3.08 bits per heavy atom. The summed E-state index contributed by atoms with van der Waals surface area (Å²) < 4.78 is 0. The molecule has 0 aliphatic heterocycles. The average Bonchev–Trinajstić information content (AvgIpc) is 2.75. The fourth-order valence-corrected chi connectivity index (χ4v) is 1.54. The molecule has 2 aromatic rings. The highest BCUT2D eigenvalue weighted by molar-refractivity contribution is 7.08.